The summed E-state index contributed by atoms with van der Waals surface area (Å²) in [5, 5.41) is 7.97. The molecule has 0 bridgehead atoms. The van der Waals surface area contributed by atoms with Gasteiger partial charge in [0.25, 0.3) is 5.91 Å². The molecule has 0 spiro atoms. The maximum atomic E-state index is 12.0. The van der Waals surface area contributed by atoms with E-state index in [1.54, 1.807) is 31.3 Å². The zero-order chi connectivity index (χ0) is 21.8. The van der Waals surface area contributed by atoms with Crippen LogP contribution in [0, 0.1) is 0 Å². The molecule has 0 fully saturated rings. The Kier molecular flexibility index (Phi) is 9.47. The number of anilines is 1. The van der Waals surface area contributed by atoms with E-state index in [-0.39, 0.29) is 23.9 Å². The summed E-state index contributed by atoms with van der Waals surface area (Å²) in [6.45, 7) is 0.316. The van der Waals surface area contributed by atoms with Gasteiger partial charge in [0.05, 0.1) is 13.0 Å². The van der Waals surface area contributed by atoms with E-state index in [4.69, 9.17) is 17.0 Å². The maximum Gasteiger partial charge on any atom is 0.306 e. The van der Waals surface area contributed by atoms with Crippen LogP contribution in [-0.4, -0.2) is 36.6 Å². The first-order chi connectivity index (χ1) is 14.5. The summed E-state index contributed by atoms with van der Waals surface area (Å²) in [6, 6.07) is 16.6. The van der Waals surface area contributed by atoms with E-state index in [0.29, 0.717) is 17.9 Å². The summed E-state index contributed by atoms with van der Waals surface area (Å²) in [7, 11) is 1.54. The molecule has 0 aliphatic rings. The van der Waals surface area contributed by atoms with Crippen molar-refractivity contribution in [3.63, 3.8) is 0 Å². The molecule has 0 heterocycles. The van der Waals surface area contributed by atoms with Gasteiger partial charge in [-0.1, -0.05) is 36.4 Å². The summed E-state index contributed by atoms with van der Waals surface area (Å²) in [5.41, 5.74) is 2.22. The van der Waals surface area contributed by atoms with Crippen molar-refractivity contribution >= 4 is 40.8 Å². The fraction of sp³-hybridized carbons (Fsp3) is 0.273. The van der Waals surface area contributed by atoms with Crippen LogP contribution in [0.15, 0.2) is 54.6 Å². The number of ether oxygens (including phenoxy) is 1. The second-order valence-electron chi connectivity index (χ2n) is 6.47. The van der Waals surface area contributed by atoms with Gasteiger partial charge in [0.1, 0.15) is 0 Å². The maximum absolute atomic E-state index is 12.0. The van der Waals surface area contributed by atoms with Crippen LogP contribution < -0.4 is 16.0 Å². The number of thiocarbonyl (C=S) groups is 1. The van der Waals surface area contributed by atoms with Gasteiger partial charge in [0.15, 0.2) is 5.11 Å². The van der Waals surface area contributed by atoms with E-state index in [2.05, 4.69) is 16.0 Å². The molecule has 0 saturated heterocycles. The molecule has 3 N–H and O–H groups in total. The molecule has 0 aliphatic carbocycles. The summed E-state index contributed by atoms with van der Waals surface area (Å²) in [5.74, 6) is -1.04. The number of carbonyl (C=O) groups excluding carboxylic acids is 3. The van der Waals surface area contributed by atoms with Gasteiger partial charge in [-0.15, -0.1) is 0 Å². The summed E-state index contributed by atoms with van der Waals surface area (Å²) in [4.78, 5) is 35.4. The van der Waals surface area contributed by atoms with Crippen LogP contribution >= 0.6 is 12.2 Å². The minimum absolute atomic E-state index is 0.0219. The minimum Gasteiger partial charge on any atom is -0.466 e. The fourth-order valence-electron chi connectivity index (χ4n) is 2.63. The monoisotopic (exact) mass is 427 g/mol. The van der Waals surface area contributed by atoms with E-state index < -0.39 is 11.9 Å². The lowest BCUT2D eigenvalue weighted by Crippen LogP contribution is -2.34. The average molecular weight is 428 g/mol. The second-order valence-corrected chi connectivity index (χ2v) is 6.88. The molecule has 2 aromatic rings. The van der Waals surface area contributed by atoms with Crippen molar-refractivity contribution < 1.29 is 19.1 Å². The molecule has 2 amide bonds. The molecule has 0 atom stereocenters. The zero-order valence-corrected chi connectivity index (χ0v) is 17.6. The van der Waals surface area contributed by atoms with E-state index >= 15 is 0 Å². The van der Waals surface area contributed by atoms with Gasteiger partial charge in [0.2, 0.25) is 5.91 Å². The highest BCUT2D eigenvalue weighted by Crippen LogP contribution is 2.10. The highest BCUT2D eigenvalue weighted by Gasteiger charge is 2.10. The molecule has 0 aliphatic heterocycles. The number of aryl methyl sites for hydroxylation is 1. The van der Waals surface area contributed by atoms with E-state index in [9.17, 15) is 14.4 Å². The molecule has 2 aromatic carbocycles. The van der Waals surface area contributed by atoms with Crippen molar-refractivity contribution in [3.05, 3.63) is 65.7 Å². The Morgan fingerprint density at radius 3 is 2.50 bits per heavy atom. The van der Waals surface area contributed by atoms with E-state index in [0.717, 1.165) is 12.8 Å². The quantitative estimate of drug-likeness (QED) is 0.324. The third kappa shape index (κ3) is 8.40. The first kappa shape index (κ1) is 23.0. The number of hydrogen-bond donors (Lipinski definition) is 3. The van der Waals surface area contributed by atoms with Crippen LogP contribution in [0.5, 0.6) is 0 Å². The first-order valence-electron chi connectivity index (χ1n) is 9.60. The second kappa shape index (κ2) is 12.3. The third-order valence-corrected chi connectivity index (χ3v) is 4.34. The number of benzene rings is 2. The molecular weight excluding hydrogens is 402 g/mol. The van der Waals surface area contributed by atoms with Crippen LogP contribution in [0.1, 0.15) is 35.2 Å². The van der Waals surface area contributed by atoms with Crippen molar-refractivity contribution in [1.82, 2.24) is 10.6 Å². The van der Waals surface area contributed by atoms with Crippen molar-refractivity contribution in [2.45, 2.75) is 25.7 Å². The Morgan fingerprint density at radius 2 is 1.77 bits per heavy atom. The van der Waals surface area contributed by atoms with Crippen molar-refractivity contribution in [3.8, 4) is 0 Å². The van der Waals surface area contributed by atoms with Crippen LogP contribution in [0.2, 0.25) is 0 Å². The molecular formula is C22H25N3O4S. The van der Waals surface area contributed by atoms with Crippen molar-refractivity contribution in [1.29, 1.82) is 0 Å². The van der Waals surface area contributed by atoms with Gasteiger partial charge in [-0.2, -0.15) is 0 Å². The lowest BCUT2D eigenvalue weighted by atomic mass is 10.1. The number of nitrogens with one attached hydrogen (secondary N) is 3. The zero-order valence-electron chi connectivity index (χ0n) is 16.8. The smallest absolute Gasteiger partial charge is 0.306 e. The molecule has 0 saturated carbocycles. The Balaban J connectivity index is 1.64. The lowest BCUT2D eigenvalue weighted by molar-refractivity contribution is -0.145. The molecule has 0 aromatic heterocycles. The van der Waals surface area contributed by atoms with E-state index in [1.807, 2.05) is 30.3 Å². The topological polar surface area (TPSA) is 96.5 Å². The SMILES string of the molecule is CNC(=O)c1cccc(NC(=S)NC(=O)CCC(=O)OCCCc2ccccc2)c1. The Hall–Kier alpha value is -3.26. The van der Waals surface area contributed by atoms with Gasteiger partial charge in [-0.25, -0.2) is 0 Å². The largest absolute Gasteiger partial charge is 0.466 e. The Labute approximate surface area is 181 Å². The van der Waals surface area contributed by atoms with E-state index in [1.165, 1.54) is 5.56 Å². The highest BCUT2D eigenvalue weighted by molar-refractivity contribution is 7.80. The highest BCUT2D eigenvalue weighted by atomic mass is 32.1. The lowest BCUT2D eigenvalue weighted by Gasteiger charge is -2.10. The normalized spacial score (nSPS) is 10.0. The van der Waals surface area contributed by atoms with Crippen molar-refractivity contribution in [2.24, 2.45) is 0 Å². The first-order valence-corrected chi connectivity index (χ1v) is 10.0. The molecule has 8 heteroatoms. The molecule has 2 rings (SSSR count). The number of esters is 1. The number of carbonyl (C=O) groups is 3. The predicted molar refractivity (Wildman–Crippen MR) is 119 cm³/mol. The third-order valence-electron chi connectivity index (χ3n) is 4.13. The van der Waals surface area contributed by atoms with Gasteiger partial charge < -0.3 is 20.7 Å². The van der Waals surface area contributed by atoms with Crippen LogP contribution in [0.3, 0.4) is 0 Å². The van der Waals surface area contributed by atoms with Gasteiger partial charge in [-0.3, -0.25) is 14.4 Å². The standard InChI is InChI=1S/C22H25N3O4S/c1-23-21(28)17-10-5-11-18(15-17)24-22(30)25-19(26)12-13-20(27)29-14-6-9-16-7-3-2-4-8-16/h2-5,7-8,10-11,15H,6,9,12-14H2,1H3,(H,23,28)(H2,24,25,26,30). The molecule has 7 nitrogen and oxygen atoms in total. The number of hydrogen-bond acceptors (Lipinski definition) is 5. The molecule has 0 unspecified atom stereocenters. The predicted octanol–water partition coefficient (Wildman–Crippen LogP) is 2.82. The summed E-state index contributed by atoms with van der Waals surface area (Å²) in [6.07, 6.45) is 1.50. The Morgan fingerprint density at radius 1 is 1.00 bits per heavy atom. The van der Waals surface area contributed by atoms with Gasteiger partial charge in [-0.05, 0) is 48.8 Å². The van der Waals surface area contributed by atoms with Crippen LogP contribution in [-0.2, 0) is 20.7 Å². The fourth-order valence-corrected chi connectivity index (χ4v) is 2.86. The van der Waals surface area contributed by atoms with Crippen LogP contribution in [0.25, 0.3) is 0 Å². The van der Waals surface area contributed by atoms with Gasteiger partial charge in [0, 0.05) is 24.7 Å². The van der Waals surface area contributed by atoms with Gasteiger partial charge >= 0.3 is 5.97 Å². The molecule has 0 radical (unpaired) electrons. The minimum atomic E-state index is -0.421. The molecule has 30 heavy (non-hydrogen) atoms. The number of rotatable bonds is 9. The summed E-state index contributed by atoms with van der Waals surface area (Å²) < 4.78 is 5.16. The van der Waals surface area contributed by atoms with Crippen LogP contribution in [0.4, 0.5) is 5.69 Å². The average Bonchev–Trinajstić information content (AvgIpc) is 2.75. The van der Waals surface area contributed by atoms with Crippen molar-refractivity contribution in [2.75, 3.05) is 19.0 Å². The molecule has 158 valence electrons. The Bertz CT molecular complexity index is 887. The summed E-state index contributed by atoms with van der Waals surface area (Å²) >= 11 is 5.10. The number of amides is 2.